The Hall–Kier alpha value is -2.08. The summed E-state index contributed by atoms with van der Waals surface area (Å²) >= 11 is 0. The second-order valence-electron chi connectivity index (χ2n) is 5.23. The van der Waals surface area contributed by atoms with Crippen molar-refractivity contribution in [3.8, 4) is 5.75 Å². The summed E-state index contributed by atoms with van der Waals surface area (Å²) in [5, 5.41) is 20.7. The molecule has 3 N–H and O–H groups in total. The van der Waals surface area contributed by atoms with Crippen LogP contribution >= 0.6 is 0 Å². The molecule has 1 aromatic carbocycles. The minimum absolute atomic E-state index is 0.0225. The van der Waals surface area contributed by atoms with Gasteiger partial charge in [0.15, 0.2) is 5.60 Å². The van der Waals surface area contributed by atoms with Crippen molar-refractivity contribution in [2.75, 3.05) is 13.7 Å². The molecule has 1 rings (SSSR count). The zero-order valence-corrected chi connectivity index (χ0v) is 12.4. The van der Waals surface area contributed by atoms with Gasteiger partial charge >= 0.3 is 5.97 Å². The van der Waals surface area contributed by atoms with Crippen LogP contribution in [0.1, 0.15) is 31.7 Å². The summed E-state index contributed by atoms with van der Waals surface area (Å²) in [5.74, 6) is -0.954. The molecule has 6 nitrogen and oxygen atoms in total. The summed E-state index contributed by atoms with van der Waals surface area (Å²) in [6.45, 7) is 2.72. The van der Waals surface area contributed by atoms with Crippen molar-refractivity contribution in [1.82, 2.24) is 5.32 Å². The van der Waals surface area contributed by atoms with Gasteiger partial charge in [-0.15, -0.1) is 0 Å². The molecule has 2 atom stereocenters. The van der Waals surface area contributed by atoms with Gasteiger partial charge in [0.25, 0.3) is 0 Å². The highest BCUT2D eigenvalue weighted by atomic mass is 16.5. The first kappa shape index (κ1) is 17.0. The lowest BCUT2D eigenvalue weighted by Crippen LogP contribution is -2.46. The van der Waals surface area contributed by atoms with Crippen LogP contribution in [0.5, 0.6) is 5.75 Å². The third kappa shape index (κ3) is 5.07. The predicted molar refractivity (Wildman–Crippen MR) is 77.3 cm³/mol. The molecule has 0 spiro atoms. The Morgan fingerprint density at radius 3 is 2.38 bits per heavy atom. The van der Waals surface area contributed by atoms with E-state index in [9.17, 15) is 14.7 Å². The van der Waals surface area contributed by atoms with E-state index in [1.54, 1.807) is 7.11 Å². The Morgan fingerprint density at radius 1 is 1.33 bits per heavy atom. The molecule has 0 aliphatic carbocycles. The number of hydrogen-bond acceptors (Lipinski definition) is 4. The molecule has 0 radical (unpaired) electrons. The van der Waals surface area contributed by atoms with Crippen molar-refractivity contribution in [3.05, 3.63) is 29.8 Å². The van der Waals surface area contributed by atoms with Crippen molar-refractivity contribution in [3.63, 3.8) is 0 Å². The first-order valence-corrected chi connectivity index (χ1v) is 6.62. The van der Waals surface area contributed by atoms with Gasteiger partial charge in [-0.05, 0) is 30.5 Å². The maximum atomic E-state index is 11.8. The van der Waals surface area contributed by atoms with E-state index in [0.717, 1.165) is 18.2 Å². The summed E-state index contributed by atoms with van der Waals surface area (Å²) < 4.78 is 5.07. The van der Waals surface area contributed by atoms with Gasteiger partial charge in [-0.1, -0.05) is 19.1 Å². The number of ether oxygens (including phenoxy) is 1. The quantitative estimate of drug-likeness (QED) is 0.701. The lowest BCUT2D eigenvalue weighted by molar-refractivity contribution is -0.156. The summed E-state index contributed by atoms with van der Waals surface area (Å²) in [6, 6.07) is 7.40. The highest BCUT2D eigenvalue weighted by molar-refractivity contribution is 5.80. The minimum atomic E-state index is -1.96. The van der Waals surface area contributed by atoms with Crippen LogP contribution in [0.2, 0.25) is 0 Å². The Balaban J connectivity index is 2.52. The molecule has 1 amide bonds. The second kappa shape index (κ2) is 7.08. The third-order valence-corrected chi connectivity index (χ3v) is 3.27. The first-order valence-electron chi connectivity index (χ1n) is 6.62. The van der Waals surface area contributed by atoms with Crippen LogP contribution in [-0.4, -0.2) is 41.3 Å². The van der Waals surface area contributed by atoms with Crippen LogP contribution < -0.4 is 10.1 Å². The number of hydrogen-bond donors (Lipinski definition) is 3. The van der Waals surface area contributed by atoms with Gasteiger partial charge in [-0.2, -0.15) is 0 Å². The number of carboxylic acids is 1. The number of aliphatic hydroxyl groups is 1. The Bertz CT molecular complexity index is 495. The van der Waals surface area contributed by atoms with E-state index in [1.807, 2.05) is 31.2 Å². The third-order valence-electron chi connectivity index (χ3n) is 3.27. The van der Waals surface area contributed by atoms with Crippen molar-refractivity contribution in [2.24, 2.45) is 0 Å². The standard InChI is InChI=1S/C15H21NO5/c1-10(11-4-6-12(21-3)7-5-11)8-13(17)16-9-15(2,20)14(18)19/h4-7,10,20H,8-9H2,1-3H3,(H,16,17)(H,18,19). The Kier molecular flexibility index (Phi) is 5.72. The maximum Gasteiger partial charge on any atom is 0.337 e. The van der Waals surface area contributed by atoms with Gasteiger partial charge in [0.1, 0.15) is 5.75 Å². The molecule has 0 aliphatic rings. The van der Waals surface area contributed by atoms with Crippen LogP contribution in [0.15, 0.2) is 24.3 Å². The lowest BCUT2D eigenvalue weighted by atomic mass is 9.97. The number of carbonyl (C=O) groups is 2. The molecule has 116 valence electrons. The van der Waals surface area contributed by atoms with Crippen LogP contribution in [-0.2, 0) is 9.59 Å². The van der Waals surface area contributed by atoms with E-state index < -0.39 is 11.6 Å². The number of amides is 1. The van der Waals surface area contributed by atoms with Gasteiger partial charge in [-0.3, -0.25) is 4.79 Å². The number of carbonyl (C=O) groups excluding carboxylic acids is 1. The topological polar surface area (TPSA) is 95.9 Å². The molecule has 2 unspecified atom stereocenters. The second-order valence-corrected chi connectivity index (χ2v) is 5.23. The van der Waals surface area contributed by atoms with Crippen molar-refractivity contribution >= 4 is 11.9 Å². The molecule has 0 saturated carbocycles. The van der Waals surface area contributed by atoms with Crippen molar-refractivity contribution in [2.45, 2.75) is 31.8 Å². The molecule has 0 fully saturated rings. The zero-order valence-electron chi connectivity index (χ0n) is 12.4. The summed E-state index contributed by atoms with van der Waals surface area (Å²) in [4.78, 5) is 22.5. The molecule has 0 heterocycles. The molecule has 0 bridgehead atoms. The van der Waals surface area contributed by atoms with Gasteiger partial charge in [0.2, 0.25) is 5.91 Å². The van der Waals surface area contributed by atoms with E-state index in [2.05, 4.69) is 5.32 Å². The van der Waals surface area contributed by atoms with Crippen LogP contribution in [0.3, 0.4) is 0 Å². The van der Waals surface area contributed by atoms with E-state index in [-0.39, 0.29) is 24.8 Å². The highest BCUT2D eigenvalue weighted by Gasteiger charge is 2.30. The Morgan fingerprint density at radius 2 is 1.90 bits per heavy atom. The largest absolute Gasteiger partial charge is 0.497 e. The lowest BCUT2D eigenvalue weighted by Gasteiger charge is -2.19. The van der Waals surface area contributed by atoms with E-state index in [4.69, 9.17) is 9.84 Å². The van der Waals surface area contributed by atoms with Crippen LogP contribution in [0.4, 0.5) is 0 Å². The van der Waals surface area contributed by atoms with Gasteiger partial charge < -0.3 is 20.3 Å². The van der Waals surface area contributed by atoms with Gasteiger partial charge in [-0.25, -0.2) is 4.79 Å². The number of carboxylic acid groups (broad SMARTS) is 1. The fourth-order valence-corrected chi connectivity index (χ4v) is 1.75. The number of methoxy groups -OCH3 is 1. The summed E-state index contributed by atoms with van der Waals surface area (Å²) in [6.07, 6.45) is 0.210. The SMILES string of the molecule is COc1ccc(C(C)CC(=O)NCC(C)(O)C(=O)O)cc1. The summed E-state index contributed by atoms with van der Waals surface area (Å²) in [5.41, 5.74) is -0.977. The fraction of sp³-hybridized carbons (Fsp3) is 0.467. The number of nitrogens with one attached hydrogen (secondary N) is 1. The van der Waals surface area contributed by atoms with E-state index in [0.29, 0.717) is 0 Å². The Labute approximate surface area is 123 Å². The first-order chi connectivity index (χ1) is 9.76. The average Bonchev–Trinajstić information content (AvgIpc) is 2.45. The zero-order chi connectivity index (χ0) is 16.0. The molecular weight excluding hydrogens is 274 g/mol. The number of aliphatic carboxylic acids is 1. The minimum Gasteiger partial charge on any atom is -0.497 e. The van der Waals surface area contributed by atoms with E-state index >= 15 is 0 Å². The van der Waals surface area contributed by atoms with Crippen LogP contribution in [0, 0.1) is 0 Å². The van der Waals surface area contributed by atoms with Gasteiger partial charge in [0, 0.05) is 6.42 Å². The van der Waals surface area contributed by atoms with E-state index in [1.165, 1.54) is 0 Å². The van der Waals surface area contributed by atoms with Gasteiger partial charge in [0.05, 0.1) is 13.7 Å². The molecule has 21 heavy (non-hydrogen) atoms. The number of rotatable bonds is 7. The molecular formula is C15H21NO5. The molecule has 6 heteroatoms. The average molecular weight is 295 g/mol. The molecule has 0 saturated heterocycles. The van der Waals surface area contributed by atoms with Crippen LogP contribution in [0.25, 0.3) is 0 Å². The monoisotopic (exact) mass is 295 g/mol. The fourth-order valence-electron chi connectivity index (χ4n) is 1.75. The maximum absolute atomic E-state index is 11.8. The predicted octanol–water partition coefficient (Wildman–Crippen LogP) is 1.14. The molecule has 0 aliphatic heterocycles. The number of benzene rings is 1. The summed E-state index contributed by atoms with van der Waals surface area (Å²) in [7, 11) is 1.58. The van der Waals surface area contributed by atoms with Crippen molar-refractivity contribution in [1.29, 1.82) is 0 Å². The normalized spacial score (nSPS) is 14.9. The molecule has 0 aromatic heterocycles. The smallest absolute Gasteiger partial charge is 0.337 e. The molecule has 1 aromatic rings. The van der Waals surface area contributed by atoms with Crippen molar-refractivity contribution < 1.29 is 24.5 Å². The highest BCUT2D eigenvalue weighted by Crippen LogP contribution is 2.21.